The molecule has 1 heterocycles. The summed E-state index contributed by atoms with van der Waals surface area (Å²) in [6.45, 7) is 4.92. The normalized spacial score (nSPS) is 17.0. The zero-order valence-electron chi connectivity index (χ0n) is 15.4. The van der Waals surface area contributed by atoms with Crippen LogP contribution >= 0.6 is 12.4 Å². The second kappa shape index (κ2) is 9.14. The number of ether oxygens (including phenoxy) is 1. The number of halogens is 1. The van der Waals surface area contributed by atoms with Crippen LogP contribution < -0.4 is 11.1 Å². The Bertz CT molecular complexity index is 701. The van der Waals surface area contributed by atoms with Gasteiger partial charge in [0.2, 0.25) is 15.9 Å². The van der Waals surface area contributed by atoms with Crippen LogP contribution in [0, 0.1) is 0 Å². The van der Waals surface area contributed by atoms with Crippen LogP contribution in [0.5, 0.6) is 0 Å². The van der Waals surface area contributed by atoms with E-state index in [0.717, 1.165) is 5.56 Å². The number of sulfonamides is 1. The van der Waals surface area contributed by atoms with Gasteiger partial charge in [-0.25, -0.2) is 8.42 Å². The molecule has 9 heteroatoms. The number of carbonyl (C=O) groups is 1. The van der Waals surface area contributed by atoms with Crippen LogP contribution in [0.4, 0.5) is 0 Å². The van der Waals surface area contributed by atoms with E-state index in [0.29, 0.717) is 32.6 Å². The van der Waals surface area contributed by atoms with Crippen molar-refractivity contribution in [2.24, 2.45) is 5.73 Å². The van der Waals surface area contributed by atoms with Gasteiger partial charge >= 0.3 is 0 Å². The van der Waals surface area contributed by atoms with E-state index < -0.39 is 15.6 Å². The van der Waals surface area contributed by atoms with Crippen LogP contribution in [0.1, 0.15) is 32.3 Å². The SMILES string of the molecule is CC(C)N(C)S(=O)(=O)c1ccc(CNC(=O)C2(N)CCOCC2)cc1.Cl. The fourth-order valence-electron chi connectivity index (χ4n) is 2.54. The Morgan fingerprint density at radius 2 is 1.81 bits per heavy atom. The largest absolute Gasteiger partial charge is 0.381 e. The second-order valence-electron chi connectivity index (χ2n) is 6.71. The number of nitrogens with two attached hydrogens (primary N) is 1. The van der Waals surface area contributed by atoms with Crippen LogP contribution in [0.25, 0.3) is 0 Å². The van der Waals surface area contributed by atoms with Gasteiger partial charge in [0, 0.05) is 32.8 Å². The summed E-state index contributed by atoms with van der Waals surface area (Å²) < 4.78 is 31.4. The summed E-state index contributed by atoms with van der Waals surface area (Å²) in [7, 11) is -1.94. The quantitative estimate of drug-likeness (QED) is 0.741. The molecule has 0 bridgehead atoms. The third kappa shape index (κ3) is 5.17. The van der Waals surface area contributed by atoms with Gasteiger partial charge in [0.05, 0.1) is 10.4 Å². The maximum atomic E-state index is 12.4. The van der Waals surface area contributed by atoms with Crippen LogP contribution in [0.15, 0.2) is 29.2 Å². The Hall–Kier alpha value is -1.19. The van der Waals surface area contributed by atoms with Gasteiger partial charge in [0.25, 0.3) is 0 Å². The van der Waals surface area contributed by atoms with Crippen molar-refractivity contribution in [3.63, 3.8) is 0 Å². The lowest BCUT2D eigenvalue weighted by molar-refractivity contribution is -0.129. The van der Waals surface area contributed by atoms with Gasteiger partial charge < -0.3 is 15.8 Å². The average molecular weight is 406 g/mol. The molecule has 1 aromatic carbocycles. The number of hydrogen-bond donors (Lipinski definition) is 2. The van der Waals surface area contributed by atoms with Crippen molar-refractivity contribution < 1.29 is 17.9 Å². The van der Waals surface area contributed by atoms with Crippen molar-refractivity contribution in [1.29, 1.82) is 0 Å². The van der Waals surface area contributed by atoms with Crippen molar-refractivity contribution in [2.75, 3.05) is 20.3 Å². The standard InChI is InChI=1S/C17H27N3O4S.ClH/c1-13(2)20(3)25(22,23)15-6-4-14(5-7-15)12-19-16(21)17(18)8-10-24-11-9-17;/h4-7,13H,8-12,18H2,1-3H3,(H,19,21);1H. The number of amides is 1. The van der Waals surface area contributed by atoms with Crippen molar-refractivity contribution in [1.82, 2.24) is 9.62 Å². The van der Waals surface area contributed by atoms with Gasteiger partial charge in [0.1, 0.15) is 0 Å². The molecular formula is C17H28ClN3O4S. The lowest BCUT2D eigenvalue weighted by Crippen LogP contribution is -2.56. The maximum Gasteiger partial charge on any atom is 0.243 e. The summed E-state index contributed by atoms with van der Waals surface area (Å²) in [6.07, 6.45) is 0.995. The smallest absolute Gasteiger partial charge is 0.243 e. The molecule has 0 radical (unpaired) electrons. The minimum Gasteiger partial charge on any atom is -0.381 e. The van der Waals surface area contributed by atoms with Crippen molar-refractivity contribution in [3.8, 4) is 0 Å². The monoisotopic (exact) mass is 405 g/mol. The molecule has 0 unspecified atom stereocenters. The molecule has 0 saturated carbocycles. The lowest BCUT2D eigenvalue weighted by atomic mass is 9.90. The summed E-state index contributed by atoms with van der Waals surface area (Å²) in [5, 5.41) is 2.83. The highest BCUT2D eigenvalue weighted by atomic mass is 35.5. The minimum absolute atomic E-state index is 0. The first kappa shape index (κ1) is 22.9. The van der Waals surface area contributed by atoms with Crippen LogP contribution in [-0.4, -0.2) is 50.5 Å². The fraction of sp³-hybridized carbons (Fsp3) is 0.588. The molecule has 1 aromatic rings. The van der Waals surface area contributed by atoms with E-state index in [-0.39, 0.29) is 29.3 Å². The first-order valence-electron chi connectivity index (χ1n) is 8.39. The van der Waals surface area contributed by atoms with E-state index in [9.17, 15) is 13.2 Å². The molecular weight excluding hydrogens is 378 g/mol. The third-order valence-electron chi connectivity index (χ3n) is 4.62. The van der Waals surface area contributed by atoms with E-state index in [2.05, 4.69) is 5.32 Å². The summed E-state index contributed by atoms with van der Waals surface area (Å²) in [6, 6.07) is 6.40. The van der Waals surface area contributed by atoms with Gasteiger partial charge in [-0.1, -0.05) is 12.1 Å². The summed E-state index contributed by atoms with van der Waals surface area (Å²) >= 11 is 0. The molecule has 1 amide bonds. The van der Waals surface area contributed by atoms with E-state index >= 15 is 0 Å². The first-order chi connectivity index (χ1) is 11.7. The number of hydrogen-bond acceptors (Lipinski definition) is 5. The number of benzene rings is 1. The number of nitrogens with one attached hydrogen (secondary N) is 1. The highest BCUT2D eigenvalue weighted by Gasteiger charge is 2.35. The highest BCUT2D eigenvalue weighted by Crippen LogP contribution is 2.19. The maximum absolute atomic E-state index is 12.4. The Morgan fingerprint density at radius 1 is 1.27 bits per heavy atom. The number of carbonyl (C=O) groups excluding carboxylic acids is 1. The summed E-state index contributed by atoms with van der Waals surface area (Å²) in [5.41, 5.74) is 6.06. The van der Waals surface area contributed by atoms with Crippen molar-refractivity contribution in [3.05, 3.63) is 29.8 Å². The van der Waals surface area contributed by atoms with E-state index in [1.165, 1.54) is 4.31 Å². The van der Waals surface area contributed by atoms with E-state index in [1.54, 1.807) is 31.3 Å². The molecule has 1 aliphatic rings. The Kier molecular flexibility index (Phi) is 8.04. The molecule has 148 valence electrons. The highest BCUT2D eigenvalue weighted by molar-refractivity contribution is 7.89. The van der Waals surface area contributed by atoms with Gasteiger partial charge in [-0.15, -0.1) is 12.4 Å². The Morgan fingerprint density at radius 3 is 2.31 bits per heavy atom. The molecule has 0 aliphatic carbocycles. The summed E-state index contributed by atoms with van der Waals surface area (Å²) in [4.78, 5) is 12.5. The molecule has 1 saturated heterocycles. The fourth-order valence-corrected chi connectivity index (χ4v) is 3.91. The molecule has 2 rings (SSSR count). The van der Waals surface area contributed by atoms with Gasteiger partial charge in [-0.3, -0.25) is 4.79 Å². The molecule has 0 spiro atoms. The average Bonchev–Trinajstić information content (AvgIpc) is 2.59. The predicted octanol–water partition coefficient (Wildman–Crippen LogP) is 1.26. The first-order valence-corrected chi connectivity index (χ1v) is 9.83. The molecule has 0 aromatic heterocycles. The molecule has 3 N–H and O–H groups in total. The zero-order valence-corrected chi connectivity index (χ0v) is 17.0. The third-order valence-corrected chi connectivity index (χ3v) is 6.67. The molecule has 0 atom stereocenters. The number of nitrogens with zero attached hydrogens (tertiary/aromatic N) is 1. The molecule has 1 aliphatic heterocycles. The molecule has 7 nitrogen and oxygen atoms in total. The predicted molar refractivity (Wildman–Crippen MR) is 103 cm³/mol. The lowest BCUT2D eigenvalue weighted by Gasteiger charge is -2.31. The van der Waals surface area contributed by atoms with Crippen LogP contribution in [0.2, 0.25) is 0 Å². The van der Waals surface area contributed by atoms with E-state index in [4.69, 9.17) is 10.5 Å². The Labute approximate surface area is 161 Å². The Balaban J connectivity index is 0.00000338. The van der Waals surface area contributed by atoms with Crippen LogP contribution in [0.3, 0.4) is 0 Å². The van der Waals surface area contributed by atoms with Gasteiger partial charge in [-0.2, -0.15) is 4.31 Å². The van der Waals surface area contributed by atoms with Gasteiger partial charge in [-0.05, 0) is 44.4 Å². The van der Waals surface area contributed by atoms with Crippen LogP contribution in [-0.2, 0) is 26.1 Å². The van der Waals surface area contributed by atoms with Crippen molar-refractivity contribution >= 4 is 28.3 Å². The number of rotatable bonds is 6. The van der Waals surface area contributed by atoms with Gasteiger partial charge in [0.15, 0.2) is 0 Å². The summed E-state index contributed by atoms with van der Waals surface area (Å²) in [5.74, 6) is -0.202. The molecule has 26 heavy (non-hydrogen) atoms. The van der Waals surface area contributed by atoms with E-state index in [1.807, 2.05) is 13.8 Å². The topological polar surface area (TPSA) is 102 Å². The minimum atomic E-state index is -3.50. The molecule has 1 fully saturated rings. The van der Waals surface area contributed by atoms with Crippen molar-refractivity contribution in [2.45, 2.75) is 49.7 Å². The zero-order chi connectivity index (χ0) is 18.7. The second-order valence-corrected chi connectivity index (χ2v) is 8.71.